The average Bonchev–Trinajstić information content (AvgIpc) is 2.86. The summed E-state index contributed by atoms with van der Waals surface area (Å²) in [5, 5.41) is 25.6. The highest BCUT2D eigenvalue weighted by Gasteiger charge is 2.06. The first kappa shape index (κ1) is 12.1. The third-order valence-electron chi connectivity index (χ3n) is 2.20. The van der Waals surface area contributed by atoms with Crippen LogP contribution in [0.25, 0.3) is 5.57 Å². The van der Waals surface area contributed by atoms with Crippen LogP contribution in [0.2, 0.25) is 5.02 Å². The Labute approximate surface area is 108 Å². The van der Waals surface area contributed by atoms with E-state index in [1.54, 1.807) is 0 Å². The lowest BCUT2D eigenvalue weighted by Crippen LogP contribution is -1.93. The van der Waals surface area contributed by atoms with Crippen LogP contribution in [0.15, 0.2) is 24.4 Å². The van der Waals surface area contributed by atoms with Crippen LogP contribution >= 0.6 is 11.6 Å². The zero-order chi connectivity index (χ0) is 13.0. The van der Waals surface area contributed by atoms with Gasteiger partial charge in [-0.15, -0.1) is 10.2 Å². The Morgan fingerprint density at radius 2 is 2.39 bits per heavy atom. The number of nitrogens with one attached hydrogen (secondary N) is 2. The highest BCUT2D eigenvalue weighted by atomic mass is 35.5. The fraction of sp³-hybridized carbons (Fsp3) is 0.0909. The van der Waals surface area contributed by atoms with Crippen molar-refractivity contribution in [2.75, 3.05) is 5.32 Å². The summed E-state index contributed by atoms with van der Waals surface area (Å²) in [5.41, 5.74) is 2.03. The van der Waals surface area contributed by atoms with Crippen molar-refractivity contribution in [3.05, 3.63) is 40.8 Å². The van der Waals surface area contributed by atoms with Crippen molar-refractivity contribution >= 4 is 22.9 Å². The van der Waals surface area contributed by atoms with E-state index in [0.29, 0.717) is 10.7 Å². The smallest absolute Gasteiger partial charge is 0.216 e. The molecule has 0 spiro atoms. The zero-order valence-corrected chi connectivity index (χ0v) is 10.2. The van der Waals surface area contributed by atoms with E-state index in [1.165, 1.54) is 6.20 Å². The van der Waals surface area contributed by atoms with Crippen LogP contribution < -0.4 is 5.32 Å². The largest absolute Gasteiger partial charge is 0.359 e. The van der Waals surface area contributed by atoms with Crippen LogP contribution in [0, 0.1) is 18.3 Å². The minimum absolute atomic E-state index is 0.230. The van der Waals surface area contributed by atoms with E-state index in [0.717, 1.165) is 5.56 Å². The molecule has 90 valence electrons. The molecule has 7 heteroatoms. The molecule has 0 aliphatic carbocycles. The molecule has 0 aliphatic rings. The number of tetrazole rings is 1. The molecule has 1 aromatic carbocycles. The lowest BCUT2D eigenvalue weighted by Gasteiger charge is -2.04. The number of allylic oxidation sites excluding steroid dienone is 1. The van der Waals surface area contributed by atoms with Crippen LogP contribution in [0.5, 0.6) is 0 Å². The van der Waals surface area contributed by atoms with Crippen molar-refractivity contribution in [3.8, 4) is 6.07 Å². The van der Waals surface area contributed by atoms with Crippen molar-refractivity contribution in [2.24, 2.45) is 0 Å². The van der Waals surface area contributed by atoms with Crippen LogP contribution in [0.4, 0.5) is 5.69 Å². The Balaban J connectivity index is 2.22. The second-order valence-corrected chi connectivity index (χ2v) is 3.94. The van der Waals surface area contributed by atoms with Crippen molar-refractivity contribution in [1.29, 1.82) is 5.26 Å². The summed E-state index contributed by atoms with van der Waals surface area (Å²) in [6.45, 7) is 1.95. The lowest BCUT2D eigenvalue weighted by molar-refractivity contribution is 0.881. The predicted octanol–water partition coefficient (Wildman–Crippen LogP) is 2.14. The van der Waals surface area contributed by atoms with E-state index in [-0.39, 0.29) is 11.4 Å². The first-order valence-corrected chi connectivity index (χ1v) is 5.45. The van der Waals surface area contributed by atoms with Gasteiger partial charge in [-0.2, -0.15) is 10.5 Å². The number of rotatable bonds is 3. The normalized spacial score (nSPS) is 11.1. The van der Waals surface area contributed by atoms with Gasteiger partial charge in [0.05, 0.1) is 10.7 Å². The van der Waals surface area contributed by atoms with Crippen LogP contribution in [-0.2, 0) is 0 Å². The summed E-state index contributed by atoms with van der Waals surface area (Å²) in [5.74, 6) is 0.230. The molecule has 1 heterocycles. The number of anilines is 1. The predicted molar refractivity (Wildman–Crippen MR) is 67.6 cm³/mol. The monoisotopic (exact) mass is 260 g/mol. The first-order chi connectivity index (χ1) is 8.70. The molecule has 0 fully saturated rings. The third kappa shape index (κ3) is 2.64. The Hall–Kier alpha value is -2.39. The van der Waals surface area contributed by atoms with Gasteiger partial charge in [-0.1, -0.05) is 17.7 Å². The van der Waals surface area contributed by atoms with E-state index in [4.69, 9.17) is 16.9 Å². The molecule has 6 nitrogen and oxygen atoms in total. The quantitative estimate of drug-likeness (QED) is 0.825. The van der Waals surface area contributed by atoms with Crippen molar-refractivity contribution in [2.45, 2.75) is 6.92 Å². The maximum Gasteiger partial charge on any atom is 0.216 e. The highest BCUT2D eigenvalue weighted by Crippen LogP contribution is 2.23. The molecule has 18 heavy (non-hydrogen) atoms. The summed E-state index contributed by atoms with van der Waals surface area (Å²) in [7, 11) is 0. The highest BCUT2D eigenvalue weighted by molar-refractivity contribution is 6.33. The molecule has 0 saturated carbocycles. The number of nitrogens with zero attached hydrogens (tertiary/aromatic N) is 4. The van der Waals surface area contributed by atoms with Gasteiger partial charge in [-0.05, 0) is 29.8 Å². The van der Waals surface area contributed by atoms with E-state index >= 15 is 0 Å². The number of aryl methyl sites for hydroxylation is 1. The van der Waals surface area contributed by atoms with Gasteiger partial charge in [0.2, 0.25) is 5.82 Å². The molecule has 2 aromatic rings. The van der Waals surface area contributed by atoms with E-state index in [9.17, 15) is 0 Å². The van der Waals surface area contributed by atoms with Gasteiger partial charge in [-0.25, -0.2) is 0 Å². The molecule has 2 rings (SSSR count). The number of halogens is 1. The number of aromatic nitrogens is 4. The van der Waals surface area contributed by atoms with Gasteiger partial charge in [0.1, 0.15) is 11.6 Å². The second-order valence-electron chi connectivity index (χ2n) is 3.53. The topological polar surface area (TPSA) is 90.3 Å². The molecule has 1 aromatic heterocycles. The Bertz CT molecular complexity index is 611. The van der Waals surface area contributed by atoms with Crippen molar-refractivity contribution < 1.29 is 0 Å². The maximum atomic E-state index is 8.98. The SMILES string of the molecule is Cc1ccc(NC=C(C#N)c2nn[nH]n2)c(Cl)c1. The summed E-state index contributed by atoms with van der Waals surface area (Å²) in [6, 6.07) is 7.56. The van der Waals surface area contributed by atoms with Crippen LogP contribution in [0.1, 0.15) is 11.4 Å². The summed E-state index contributed by atoms with van der Waals surface area (Å²) >= 11 is 6.06. The molecule has 0 unspecified atom stereocenters. The van der Waals surface area contributed by atoms with Gasteiger partial charge in [0.25, 0.3) is 0 Å². The number of aromatic amines is 1. The van der Waals surface area contributed by atoms with Gasteiger partial charge >= 0.3 is 0 Å². The standard InChI is InChI=1S/C11H9ClN6/c1-7-2-3-10(9(12)4-7)14-6-8(5-13)11-15-17-18-16-11/h2-4,6,14H,1H3,(H,15,16,17,18). The van der Waals surface area contributed by atoms with Gasteiger partial charge in [0.15, 0.2) is 0 Å². The lowest BCUT2D eigenvalue weighted by atomic mass is 10.2. The fourth-order valence-electron chi connectivity index (χ4n) is 1.31. The minimum Gasteiger partial charge on any atom is -0.359 e. The van der Waals surface area contributed by atoms with Crippen LogP contribution in [0.3, 0.4) is 0 Å². The molecule has 0 atom stereocenters. The average molecular weight is 261 g/mol. The van der Waals surface area contributed by atoms with Gasteiger partial charge < -0.3 is 5.32 Å². The number of H-pyrrole nitrogens is 1. The van der Waals surface area contributed by atoms with Crippen molar-refractivity contribution in [1.82, 2.24) is 20.6 Å². The first-order valence-electron chi connectivity index (χ1n) is 5.07. The minimum atomic E-state index is 0.230. The number of nitriles is 1. The fourth-order valence-corrected chi connectivity index (χ4v) is 1.60. The molecule has 0 bridgehead atoms. The summed E-state index contributed by atoms with van der Waals surface area (Å²) < 4.78 is 0. The molecule has 0 radical (unpaired) electrons. The third-order valence-corrected chi connectivity index (χ3v) is 2.52. The van der Waals surface area contributed by atoms with E-state index in [1.807, 2.05) is 31.2 Å². The number of hydrogen-bond acceptors (Lipinski definition) is 5. The van der Waals surface area contributed by atoms with Crippen LogP contribution in [-0.4, -0.2) is 20.6 Å². The number of benzene rings is 1. The Morgan fingerprint density at radius 3 is 3.00 bits per heavy atom. The molecule has 0 saturated heterocycles. The summed E-state index contributed by atoms with van der Waals surface area (Å²) in [6.07, 6.45) is 1.49. The molecule has 2 N–H and O–H groups in total. The Kier molecular flexibility index (Phi) is 3.55. The number of hydrogen-bond donors (Lipinski definition) is 2. The van der Waals surface area contributed by atoms with Gasteiger partial charge in [-0.3, -0.25) is 0 Å². The molecular formula is C11H9ClN6. The van der Waals surface area contributed by atoms with E-state index < -0.39 is 0 Å². The van der Waals surface area contributed by atoms with Crippen molar-refractivity contribution in [3.63, 3.8) is 0 Å². The van der Waals surface area contributed by atoms with Gasteiger partial charge in [0, 0.05) is 6.20 Å². The zero-order valence-electron chi connectivity index (χ0n) is 9.48. The Morgan fingerprint density at radius 1 is 1.56 bits per heavy atom. The second kappa shape index (κ2) is 5.29. The molecule has 0 amide bonds. The molecule has 0 aliphatic heterocycles. The van der Waals surface area contributed by atoms with E-state index in [2.05, 4.69) is 25.9 Å². The molecular weight excluding hydrogens is 252 g/mol. The maximum absolute atomic E-state index is 8.98. The summed E-state index contributed by atoms with van der Waals surface area (Å²) in [4.78, 5) is 0.